The van der Waals surface area contributed by atoms with Crippen molar-refractivity contribution in [2.24, 2.45) is 0 Å². The Bertz CT molecular complexity index is 147. The molecule has 0 saturated carbocycles. The summed E-state index contributed by atoms with van der Waals surface area (Å²) in [5, 5.41) is 36.8. The van der Waals surface area contributed by atoms with Crippen LogP contribution in [0.1, 0.15) is 0 Å². The summed E-state index contributed by atoms with van der Waals surface area (Å²) in [6.45, 7) is -0.373. The van der Waals surface area contributed by atoms with Crippen molar-refractivity contribution in [2.75, 3.05) is 12.9 Å². The van der Waals surface area contributed by atoms with Gasteiger partial charge in [0.1, 0.15) is 29.9 Å². The van der Waals surface area contributed by atoms with Crippen LogP contribution in [0.5, 0.6) is 0 Å². The zero-order valence-electron chi connectivity index (χ0n) is 7.20. The third kappa shape index (κ3) is 2.15. The Morgan fingerprint density at radius 2 is 1.77 bits per heavy atom. The molecule has 0 spiro atoms. The summed E-state index contributed by atoms with van der Waals surface area (Å²) >= 11 is 1.22. The minimum absolute atomic E-state index is 0.373. The predicted molar refractivity (Wildman–Crippen MR) is 47.3 cm³/mol. The van der Waals surface area contributed by atoms with E-state index in [2.05, 4.69) is 0 Å². The van der Waals surface area contributed by atoms with Gasteiger partial charge in [0.2, 0.25) is 0 Å². The highest BCUT2D eigenvalue weighted by molar-refractivity contribution is 7.99. The molecule has 0 aromatic carbocycles. The van der Waals surface area contributed by atoms with E-state index in [-0.39, 0.29) is 6.61 Å². The normalized spacial score (nSPS) is 46.4. The first kappa shape index (κ1) is 11.2. The van der Waals surface area contributed by atoms with Gasteiger partial charge in [-0.2, -0.15) is 0 Å². The summed E-state index contributed by atoms with van der Waals surface area (Å²) in [5.74, 6) is 0. The lowest BCUT2D eigenvalue weighted by Gasteiger charge is -2.39. The lowest BCUT2D eigenvalue weighted by atomic mass is 10.0. The zero-order valence-corrected chi connectivity index (χ0v) is 8.02. The number of aliphatic hydroxyl groups is 4. The maximum absolute atomic E-state index is 9.38. The van der Waals surface area contributed by atoms with E-state index in [1.54, 1.807) is 6.26 Å². The van der Waals surface area contributed by atoms with Gasteiger partial charge in [-0.1, -0.05) is 0 Å². The summed E-state index contributed by atoms with van der Waals surface area (Å²) in [6, 6.07) is 0. The second kappa shape index (κ2) is 4.59. The second-order valence-electron chi connectivity index (χ2n) is 2.93. The van der Waals surface area contributed by atoms with Crippen molar-refractivity contribution >= 4 is 11.8 Å². The van der Waals surface area contributed by atoms with Crippen LogP contribution in [0.4, 0.5) is 0 Å². The van der Waals surface area contributed by atoms with Crippen molar-refractivity contribution in [1.29, 1.82) is 0 Å². The van der Waals surface area contributed by atoms with Gasteiger partial charge in [0.15, 0.2) is 0 Å². The molecule has 1 unspecified atom stereocenters. The molecule has 6 heteroatoms. The Hall–Kier alpha value is 0.150. The average Bonchev–Trinajstić information content (AvgIpc) is 2.15. The summed E-state index contributed by atoms with van der Waals surface area (Å²) in [4.78, 5) is 0. The number of aliphatic hydroxyl groups excluding tert-OH is 4. The van der Waals surface area contributed by atoms with Crippen LogP contribution < -0.4 is 0 Å². The van der Waals surface area contributed by atoms with Gasteiger partial charge >= 0.3 is 0 Å². The highest BCUT2D eigenvalue weighted by Crippen LogP contribution is 2.26. The molecule has 4 N–H and O–H groups in total. The number of hydrogen-bond donors (Lipinski definition) is 4. The van der Waals surface area contributed by atoms with Gasteiger partial charge in [0.25, 0.3) is 0 Å². The van der Waals surface area contributed by atoms with Crippen molar-refractivity contribution in [3.8, 4) is 0 Å². The molecule has 5 nitrogen and oxygen atoms in total. The van der Waals surface area contributed by atoms with E-state index >= 15 is 0 Å². The Balaban J connectivity index is 2.66. The highest BCUT2D eigenvalue weighted by Gasteiger charge is 2.42. The minimum atomic E-state index is -1.26. The number of rotatable bonds is 2. The monoisotopic (exact) mass is 210 g/mol. The molecule has 1 aliphatic heterocycles. The van der Waals surface area contributed by atoms with E-state index in [1.165, 1.54) is 11.8 Å². The quantitative estimate of drug-likeness (QED) is 0.428. The molecule has 13 heavy (non-hydrogen) atoms. The molecule has 0 aromatic rings. The molecule has 0 radical (unpaired) electrons. The van der Waals surface area contributed by atoms with Crippen LogP contribution in [0.3, 0.4) is 0 Å². The van der Waals surface area contributed by atoms with Crippen LogP contribution in [-0.4, -0.2) is 63.1 Å². The molecule has 1 heterocycles. The first-order valence-electron chi connectivity index (χ1n) is 3.95. The van der Waals surface area contributed by atoms with Crippen molar-refractivity contribution in [3.05, 3.63) is 0 Å². The van der Waals surface area contributed by atoms with Crippen LogP contribution in [0.2, 0.25) is 0 Å². The fraction of sp³-hybridized carbons (Fsp3) is 1.00. The van der Waals surface area contributed by atoms with Gasteiger partial charge in [-0.25, -0.2) is 0 Å². The number of ether oxygens (including phenoxy) is 1. The standard InChI is InChI=1S/C7H14O5S/c1-13-7-6(11)5(10)4(9)3(2-8)12-7/h3-11H,2H2,1H3/t3-,4+,5+,6-,7?/m0/s1. The lowest BCUT2D eigenvalue weighted by Crippen LogP contribution is -2.57. The molecule has 0 aliphatic carbocycles. The van der Waals surface area contributed by atoms with Crippen LogP contribution in [-0.2, 0) is 4.74 Å². The van der Waals surface area contributed by atoms with E-state index in [1.807, 2.05) is 0 Å². The topological polar surface area (TPSA) is 90.2 Å². The molecule has 1 fully saturated rings. The van der Waals surface area contributed by atoms with Crippen molar-refractivity contribution in [1.82, 2.24) is 0 Å². The third-order valence-corrected chi connectivity index (χ3v) is 2.94. The first-order valence-corrected chi connectivity index (χ1v) is 5.24. The van der Waals surface area contributed by atoms with Crippen molar-refractivity contribution in [3.63, 3.8) is 0 Å². The van der Waals surface area contributed by atoms with Gasteiger partial charge in [-0.3, -0.25) is 0 Å². The third-order valence-electron chi connectivity index (χ3n) is 2.08. The summed E-state index contributed by atoms with van der Waals surface area (Å²) < 4.78 is 5.13. The Kier molecular flexibility index (Phi) is 3.96. The fourth-order valence-corrected chi connectivity index (χ4v) is 1.96. The van der Waals surface area contributed by atoms with Crippen LogP contribution in [0.15, 0.2) is 0 Å². The maximum atomic E-state index is 9.38. The van der Waals surface area contributed by atoms with Crippen molar-refractivity contribution < 1.29 is 25.2 Å². The number of hydrogen-bond acceptors (Lipinski definition) is 6. The fourth-order valence-electron chi connectivity index (χ4n) is 1.26. The van der Waals surface area contributed by atoms with Crippen molar-refractivity contribution in [2.45, 2.75) is 29.9 Å². The van der Waals surface area contributed by atoms with Gasteiger partial charge in [0, 0.05) is 0 Å². The van der Waals surface area contributed by atoms with E-state index in [9.17, 15) is 15.3 Å². The van der Waals surface area contributed by atoms with Gasteiger partial charge in [0.05, 0.1) is 6.61 Å². The summed E-state index contributed by atoms with van der Waals surface area (Å²) in [5.41, 5.74) is -0.601. The van der Waals surface area contributed by atoms with Crippen LogP contribution in [0.25, 0.3) is 0 Å². The minimum Gasteiger partial charge on any atom is -0.394 e. The maximum Gasteiger partial charge on any atom is 0.132 e. The highest BCUT2D eigenvalue weighted by atomic mass is 32.2. The first-order chi connectivity index (χ1) is 6.11. The van der Waals surface area contributed by atoms with Gasteiger partial charge in [-0.15, -0.1) is 11.8 Å². The molecular weight excluding hydrogens is 196 g/mol. The van der Waals surface area contributed by atoms with Crippen LogP contribution >= 0.6 is 11.8 Å². The Morgan fingerprint density at radius 1 is 1.15 bits per heavy atom. The largest absolute Gasteiger partial charge is 0.394 e. The van der Waals surface area contributed by atoms with Crippen LogP contribution in [0, 0.1) is 0 Å². The molecule has 1 aliphatic rings. The summed E-state index contributed by atoms with van der Waals surface area (Å²) in [7, 11) is 0. The predicted octanol–water partition coefficient (Wildman–Crippen LogP) is -1.85. The Labute approximate surface area is 80.3 Å². The molecule has 0 aromatic heterocycles. The zero-order chi connectivity index (χ0) is 10.0. The molecule has 78 valence electrons. The molecule has 0 bridgehead atoms. The van der Waals surface area contributed by atoms with Gasteiger partial charge in [-0.05, 0) is 6.26 Å². The van der Waals surface area contributed by atoms with Gasteiger partial charge < -0.3 is 25.2 Å². The van der Waals surface area contributed by atoms with E-state index in [0.29, 0.717) is 0 Å². The molecule has 0 amide bonds. The average molecular weight is 210 g/mol. The molecule has 1 rings (SSSR count). The van der Waals surface area contributed by atoms with E-state index in [4.69, 9.17) is 9.84 Å². The smallest absolute Gasteiger partial charge is 0.132 e. The van der Waals surface area contributed by atoms with E-state index < -0.39 is 29.9 Å². The summed E-state index contributed by atoms with van der Waals surface area (Å²) in [6.07, 6.45) is -2.72. The lowest BCUT2D eigenvalue weighted by molar-refractivity contribution is -0.205. The van der Waals surface area contributed by atoms with E-state index in [0.717, 1.165) is 0 Å². The molecule has 5 atom stereocenters. The second-order valence-corrected chi connectivity index (χ2v) is 3.87. The molecule has 1 saturated heterocycles. The molecular formula is C7H14O5S. The SMILES string of the molecule is CSC1O[C@@H](CO)[C@@H](O)[C@@H](O)[C@@H]1O. The number of thioether (sulfide) groups is 1. The Morgan fingerprint density at radius 3 is 2.23 bits per heavy atom.